The van der Waals surface area contributed by atoms with Crippen LogP contribution >= 0.6 is 23.2 Å². The minimum atomic E-state index is -4.58. The maximum absolute atomic E-state index is 12.8. The fourth-order valence-corrected chi connectivity index (χ4v) is 4.10. The van der Waals surface area contributed by atoms with Gasteiger partial charge in [-0.1, -0.05) is 41.4 Å². The molecular formula is C23H18Cl2F3N3O3. The minimum absolute atomic E-state index is 0.128. The molecule has 0 aliphatic rings. The van der Waals surface area contributed by atoms with E-state index < -0.39 is 18.4 Å². The summed E-state index contributed by atoms with van der Waals surface area (Å²) in [6, 6.07) is 11.4. The van der Waals surface area contributed by atoms with Gasteiger partial charge in [0.25, 0.3) is 5.88 Å². The van der Waals surface area contributed by atoms with Gasteiger partial charge in [-0.05, 0) is 35.4 Å². The quantitative estimate of drug-likeness (QED) is 0.369. The van der Waals surface area contributed by atoms with Crippen LogP contribution in [0.25, 0.3) is 10.9 Å². The standard InChI is InChI=1S/C23H18Cl2F3N3O3/c1-31-12-29-10-18(31)23(32,13-3-6-15(24)7-4-13)14-5-8-17-16(9-14)19(25)20(21(30-17)33-2)34-11-22(26,27)28/h3-10,12,32H,11H2,1-2H3/t23-/m1/s1. The Morgan fingerprint density at radius 2 is 1.74 bits per heavy atom. The summed E-state index contributed by atoms with van der Waals surface area (Å²) in [5, 5.41) is 12.7. The summed E-state index contributed by atoms with van der Waals surface area (Å²) in [6.45, 7) is -1.57. The van der Waals surface area contributed by atoms with E-state index in [1.165, 1.54) is 13.3 Å². The first kappa shape index (κ1) is 24.1. The second-order valence-electron chi connectivity index (χ2n) is 7.51. The third-order valence-electron chi connectivity index (χ3n) is 5.29. The van der Waals surface area contributed by atoms with Crippen molar-refractivity contribution in [3.05, 3.63) is 81.9 Å². The lowest BCUT2D eigenvalue weighted by Gasteiger charge is -2.30. The number of methoxy groups -OCH3 is 1. The predicted molar refractivity (Wildman–Crippen MR) is 122 cm³/mol. The highest BCUT2D eigenvalue weighted by Gasteiger charge is 2.37. The molecule has 6 nitrogen and oxygen atoms in total. The Balaban J connectivity index is 1.93. The number of fused-ring (bicyclic) bond motifs is 1. The molecule has 34 heavy (non-hydrogen) atoms. The van der Waals surface area contributed by atoms with Gasteiger partial charge < -0.3 is 19.1 Å². The average Bonchev–Trinajstić information content (AvgIpc) is 3.23. The molecule has 178 valence electrons. The Kier molecular flexibility index (Phi) is 6.37. The molecule has 0 amide bonds. The summed E-state index contributed by atoms with van der Waals surface area (Å²) in [4.78, 5) is 8.34. The molecule has 0 saturated carbocycles. The van der Waals surface area contributed by atoms with Crippen LogP contribution in [-0.4, -0.2) is 39.5 Å². The second-order valence-corrected chi connectivity index (χ2v) is 8.32. The number of nitrogens with zero attached hydrogens (tertiary/aromatic N) is 3. The number of benzene rings is 2. The van der Waals surface area contributed by atoms with Gasteiger partial charge >= 0.3 is 6.18 Å². The average molecular weight is 512 g/mol. The number of aryl methyl sites for hydroxylation is 1. The summed E-state index contributed by atoms with van der Waals surface area (Å²) < 4.78 is 50.0. The monoisotopic (exact) mass is 511 g/mol. The molecule has 0 unspecified atom stereocenters. The zero-order valence-corrected chi connectivity index (χ0v) is 19.4. The van der Waals surface area contributed by atoms with Crippen molar-refractivity contribution < 1.29 is 27.8 Å². The number of pyridine rings is 1. The smallest absolute Gasteiger partial charge is 0.422 e. The van der Waals surface area contributed by atoms with Crippen molar-refractivity contribution in [2.45, 2.75) is 11.8 Å². The first-order valence-electron chi connectivity index (χ1n) is 9.87. The molecule has 0 fully saturated rings. The zero-order chi connectivity index (χ0) is 24.7. The fraction of sp³-hybridized carbons (Fsp3) is 0.217. The van der Waals surface area contributed by atoms with Crippen LogP contribution in [0.1, 0.15) is 16.8 Å². The minimum Gasteiger partial charge on any atom is -0.478 e. The van der Waals surface area contributed by atoms with Crippen LogP contribution in [-0.2, 0) is 12.6 Å². The van der Waals surface area contributed by atoms with Crippen molar-refractivity contribution in [3.63, 3.8) is 0 Å². The number of alkyl halides is 3. The van der Waals surface area contributed by atoms with Gasteiger partial charge in [-0.2, -0.15) is 13.2 Å². The van der Waals surface area contributed by atoms with Crippen LogP contribution in [0.3, 0.4) is 0 Å². The van der Waals surface area contributed by atoms with Crippen LogP contribution in [0.15, 0.2) is 55.0 Å². The molecule has 0 spiro atoms. The molecule has 0 radical (unpaired) electrons. The van der Waals surface area contributed by atoms with Crippen LogP contribution in [0.5, 0.6) is 11.6 Å². The van der Waals surface area contributed by atoms with Gasteiger partial charge in [0, 0.05) is 17.5 Å². The highest BCUT2D eigenvalue weighted by molar-refractivity contribution is 6.37. The van der Waals surface area contributed by atoms with E-state index in [2.05, 4.69) is 9.97 Å². The topological polar surface area (TPSA) is 69.4 Å². The molecule has 0 saturated heterocycles. The van der Waals surface area contributed by atoms with Crippen LogP contribution in [0.4, 0.5) is 13.2 Å². The number of aliphatic hydroxyl groups is 1. The number of halogens is 5. The summed E-state index contributed by atoms with van der Waals surface area (Å²) in [6.07, 6.45) is -1.52. The second kappa shape index (κ2) is 8.98. The van der Waals surface area contributed by atoms with Crippen molar-refractivity contribution in [2.75, 3.05) is 13.7 Å². The van der Waals surface area contributed by atoms with Crippen LogP contribution in [0, 0.1) is 0 Å². The van der Waals surface area contributed by atoms with Gasteiger partial charge in [-0.25, -0.2) is 9.97 Å². The Morgan fingerprint density at radius 1 is 1.06 bits per heavy atom. The number of hydrogen-bond acceptors (Lipinski definition) is 5. The number of hydrogen-bond donors (Lipinski definition) is 1. The lowest BCUT2D eigenvalue weighted by Crippen LogP contribution is -2.31. The molecule has 4 rings (SSSR count). The van der Waals surface area contributed by atoms with E-state index in [4.69, 9.17) is 32.7 Å². The Labute approximate surface area is 202 Å². The van der Waals surface area contributed by atoms with Gasteiger partial charge in [0.05, 0.1) is 35.9 Å². The van der Waals surface area contributed by atoms with E-state index in [-0.39, 0.29) is 22.0 Å². The number of aromatic nitrogens is 3. The molecule has 0 bridgehead atoms. The highest BCUT2D eigenvalue weighted by atomic mass is 35.5. The molecule has 1 N–H and O–H groups in total. The maximum atomic E-state index is 12.8. The molecule has 4 aromatic rings. The summed E-state index contributed by atoms with van der Waals surface area (Å²) >= 11 is 12.5. The Morgan fingerprint density at radius 3 is 2.32 bits per heavy atom. The number of imidazole rings is 1. The highest BCUT2D eigenvalue weighted by Crippen LogP contribution is 2.43. The van der Waals surface area contributed by atoms with Crippen molar-refractivity contribution in [3.8, 4) is 11.6 Å². The van der Waals surface area contributed by atoms with E-state index in [0.29, 0.717) is 27.4 Å². The van der Waals surface area contributed by atoms with Crippen molar-refractivity contribution in [1.82, 2.24) is 14.5 Å². The van der Waals surface area contributed by atoms with Gasteiger partial charge in [0.15, 0.2) is 12.2 Å². The summed E-state index contributed by atoms with van der Waals surface area (Å²) in [5.74, 6) is -0.532. The lowest BCUT2D eigenvalue weighted by molar-refractivity contribution is -0.153. The van der Waals surface area contributed by atoms with E-state index >= 15 is 0 Å². The summed E-state index contributed by atoms with van der Waals surface area (Å²) in [7, 11) is 2.98. The predicted octanol–water partition coefficient (Wildman–Crippen LogP) is 5.51. The third kappa shape index (κ3) is 4.38. The van der Waals surface area contributed by atoms with Crippen molar-refractivity contribution >= 4 is 34.1 Å². The Hall–Kier alpha value is -3.01. The van der Waals surface area contributed by atoms with Crippen LogP contribution in [0.2, 0.25) is 10.0 Å². The van der Waals surface area contributed by atoms with E-state index in [9.17, 15) is 18.3 Å². The summed E-state index contributed by atoms with van der Waals surface area (Å²) in [5.41, 5.74) is -0.0402. The molecule has 0 aliphatic carbocycles. The normalized spacial score (nSPS) is 13.6. The molecule has 0 aliphatic heterocycles. The number of rotatable bonds is 6. The zero-order valence-electron chi connectivity index (χ0n) is 17.9. The first-order valence-corrected chi connectivity index (χ1v) is 10.6. The first-order chi connectivity index (χ1) is 16.0. The molecule has 2 aromatic heterocycles. The van der Waals surface area contributed by atoms with Crippen molar-refractivity contribution in [2.24, 2.45) is 7.05 Å². The van der Waals surface area contributed by atoms with E-state index in [0.717, 1.165) is 0 Å². The third-order valence-corrected chi connectivity index (χ3v) is 5.92. The van der Waals surface area contributed by atoms with Gasteiger partial charge in [0.1, 0.15) is 0 Å². The van der Waals surface area contributed by atoms with Gasteiger partial charge in [0.2, 0.25) is 5.75 Å². The molecule has 2 heterocycles. The van der Waals surface area contributed by atoms with Crippen LogP contribution < -0.4 is 9.47 Å². The molecule has 1 atom stereocenters. The molecule has 2 aromatic carbocycles. The van der Waals surface area contributed by atoms with Crippen molar-refractivity contribution in [1.29, 1.82) is 0 Å². The maximum Gasteiger partial charge on any atom is 0.422 e. The van der Waals surface area contributed by atoms with E-state index in [1.54, 1.807) is 60.4 Å². The number of ether oxygens (including phenoxy) is 2. The Bertz CT molecular complexity index is 1340. The SMILES string of the molecule is COc1nc2ccc([C@](O)(c3ccc(Cl)cc3)c3cncn3C)cc2c(Cl)c1OCC(F)(F)F. The lowest BCUT2D eigenvalue weighted by atomic mass is 9.83. The molecule has 11 heteroatoms. The van der Waals surface area contributed by atoms with Gasteiger partial charge in [-0.15, -0.1) is 0 Å². The molecular weight excluding hydrogens is 494 g/mol. The van der Waals surface area contributed by atoms with Gasteiger partial charge in [-0.3, -0.25) is 0 Å². The largest absolute Gasteiger partial charge is 0.478 e. The fourth-order valence-electron chi connectivity index (χ4n) is 3.69. The van der Waals surface area contributed by atoms with E-state index in [1.807, 2.05) is 0 Å².